The van der Waals surface area contributed by atoms with Crippen LogP contribution in [0.5, 0.6) is 0 Å². The number of aromatic amines is 2. The maximum Gasteiger partial charge on any atom is 2.00 e. The van der Waals surface area contributed by atoms with Crippen molar-refractivity contribution < 1.29 is 19.5 Å². The van der Waals surface area contributed by atoms with Crippen LogP contribution < -0.4 is 0 Å². The van der Waals surface area contributed by atoms with Gasteiger partial charge in [-0.05, 0) is 12.8 Å². The van der Waals surface area contributed by atoms with Crippen LogP contribution in [0, 0.1) is 12.1 Å². The first-order chi connectivity index (χ1) is 8.73. The fourth-order valence-electron chi connectivity index (χ4n) is 1.64. The van der Waals surface area contributed by atoms with Crippen molar-refractivity contribution in [2.45, 2.75) is 53.4 Å². The third-order valence-corrected chi connectivity index (χ3v) is 2.93. The van der Waals surface area contributed by atoms with Gasteiger partial charge in [0.2, 0.25) is 0 Å². The van der Waals surface area contributed by atoms with Gasteiger partial charge in [-0.25, -0.2) is 24.3 Å². The van der Waals surface area contributed by atoms with Gasteiger partial charge in [-0.2, -0.15) is 0 Å². The van der Waals surface area contributed by atoms with E-state index in [9.17, 15) is 0 Å². The van der Waals surface area contributed by atoms with Crippen LogP contribution in [0.15, 0.2) is 12.1 Å². The summed E-state index contributed by atoms with van der Waals surface area (Å²) in [6.07, 6.45) is 4.27. The van der Waals surface area contributed by atoms with E-state index in [2.05, 4.69) is 49.8 Å². The molecule has 0 unspecified atom stereocenters. The largest absolute Gasteiger partial charge is 2.00 e. The molecule has 0 aliphatic rings. The van der Waals surface area contributed by atoms with Crippen LogP contribution in [0.2, 0.25) is 0 Å². The molecule has 0 aromatic carbocycles. The van der Waals surface area contributed by atoms with E-state index in [0.717, 1.165) is 25.7 Å². The number of hydrogen-bond acceptors (Lipinski definition) is 0. The molecule has 0 atom stereocenters. The van der Waals surface area contributed by atoms with Gasteiger partial charge in [0.1, 0.15) is 0 Å². The molecule has 2 aromatic heterocycles. The van der Waals surface area contributed by atoms with Crippen molar-refractivity contribution in [1.82, 2.24) is 9.97 Å². The summed E-state index contributed by atoms with van der Waals surface area (Å²) in [6, 6.07) is 10.4. The molecule has 0 aliphatic carbocycles. The Morgan fingerprint density at radius 2 is 1.11 bits per heavy atom. The molecule has 106 valence electrons. The summed E-state index contributed by atoms with van der Waals surface area (Å²) in [5, 5.41) is 0. The Morgan fingerprint density at radius 3 is 1.26 bits per heavy atom. The van der Waals surface area contributed by atoms with Crippen LogP contribution in [-0.2, 0) is 45.2 Å². The Balaban J connectivity index is 0.000000324. The summed E-state index contributed by atoms with van der Waals surface area (Å²) in [5.41, 5.74) is 5.00. The normalized spacial score (nSPS) is 9.47. The molecular weight excluding hydrogens is 321 g/mol. The Hall–Kier alpha value is -0.817. The van der Waals surface area contributed by atoms with E-state index in [0.29, 0.717) is 0 Å². The summed E-state index contributed by atoms with van der Waals surface area (Å²) in [7, 11) is 0. The monoisotopic (exact) mass is 346 g/mol. The average Bonchev–Trinajstić information content (AvgIpc) is 3.07. The van der Waals surface area contributed by atoms with Crippen molar-refractivity contribution in [2.75, 3.05) is 0 Å². The molecular formula is C16H24N2Ru. The van der Waals surface area contributed by atoms with E-state index in [-0.39, 0.29) is 19.5 Å². The molecule has 0 fully saturated rings. The molecule has 2 aromatic rings. The fraction of sp³-hybridized carbons (Fsp3) is 0.500. The fourth-order valence-corrected chi connectivity index (χ4v) is 1.64. The van der Waals surface area contributed by atoms with E-state index in [4.69, 9.17) is 0 Å². The van der Waals surface area contributed by atoms with Crippen LogP contribution in [0.3, 0.4) is 0 Å². The summed E-state index contributed by atoms with van der Waals surface area (Å²) in [4.78, 5) is 6.51. The molecule has 0 spiro atoms. The zero-order chi connectivity index (χ0) is 13.4. The second-order valence-electron chi connectivity index (χ2n) is 4.25. The SMILES string of the molecule is CCc1[c-]cc(CC)[nH]1.CCc1[c-]cc(CC)[nH]1.[Ru+2]. The molecule has 0 amide bonds. The van der Waals surface area contributed by atoms with Gasteiger partial charge < -0.3 is 9.97 Å². The van der Waals surface area contributed by atoms with Crippen molar-refractivity contribution in [1.29, 1.82) is 0 Å². The molecule has 0 saturated carbocycles. The van der Waals surface area contributed by atoms with Crippen LogP contribution >= 0.6 is 0 Å². The first kappa shape index (κ1) is 18.2. The Labute approximate surface area is 130 Å². The maximum atomic E-state index is 3.26. The zero-order valence-corrected chi connectivity index (χ0v) is 14.1. The minimum absolute atomic E-state index is 0. The number of H-pyrrole nitrogens is 2. The first-order valence-electron chi connectivity index (χ1n) is 6.90. The third kappa shape index (κ3) is 6.25. The van der Waals surface area contributed by atoms with Gasteiger partial charge in [-0.3, -0.25) is 0 Å². The number of aromatic nitrogens is 2. The van der Waals surface area contributed by atoms with Crippen molar-refractivity contribution in [3.05, 3.63) is 47.0 Å². The molecule has 0 aliphatic heterocycles. The predicted octanol–water partition coefficient (Wildman–Crippen LogP) is 3.88. The van der Waals surface area contributed by atoms with Crippen LogP contribution in [0.25, 0.3) is 0 Å². The summed E-state index contributed by atoms with van der Waals surface area (Å²) in [5.74, 6) is 0. The second-order valence-corrected chi connectivity index (χ2v) is 4.25. The van der Waals surface area contributed by atoms with Crippen LogP contribution in [0.4, 0.5) is 0 Å². The standard InChI is InChI=1S/2C8H12N.Ru/c2*1-3-7-5-6-8(4-2)9-7;/h2*5,9H,3-4H2,1-2H3;/q2*-1;+2. The summed E-state index contributed by atoms with van der Waals surface area (Å²) in [6.45, 7) is 8.53. The van der Waals surface area contributed by atoms with E-state index >= 15 is 0 Å². The van der Waals surface area contributed by atoms with Gasteiger partial charge in [0, 0.05) is 0 Å². The predicted molar refractivity (Wildman–Crippen MR) is 76.8 cm³/mol. The van der Waals surface area contributed by atoms with Gasteiger partial charge >= 0.3 is 19.5 Å². The quantitative estimate of drug-likeness (QED) is 0.623. The van der Waals surface area contributed by atoms with Crippen LogP contribution in [-0.4, -0.2) is 9.97 Å². The van der Waals surface area contributed by atoms with Crippen molar-refractivity contribution in [3.63, 3.8) is 0 Å². The summed E-state index contributed by atoms with van der Waals surface area (Å²) < 4.78 is 0. The molecule has 3 heteroatoms. The van der Waals surface area contributed by atoms with Crippen molar-refractivity contribution in [3.8, 4) is 0 Å². The van der Waals surface area contributed by atoms with Gasteiger partial charge in [-0.15, -0.1) is 11.4 Å². The molecule has 0 saturated heterocycles. The topological polar surface area (TPSA) is 31.6 Å². The van der Waals surface area contributed by atoms with Gasteiger partial charge in [0.25, 0.3) is 0 Å². The van der Waals surface area contributed by atoms with E-state index in [1.54, 1.807) is 0 Å². The maximum absolute atomic E-state index is 3.26. The first-order valence-corrected chi connectivity index (χ1v) is 6.90. The number of rotatable bonds is 4. The van der Waals surface area contributed by atoms with Crippen molar-refractivity contribution >= 4 is 0 Å². The Bertz CT molecular complexity index is 364. The molecule has 2 nitrogen and oxygen atoms in total. The van der Waals surface area contributed by atoms with E-state index in [1.807, 2.05) is 12.1 Å². The van der Waals surface area contributed by atoms with Gasteiger partial charge in [0.05, 0.1) is 0 Å². The minimum Gasteiger partial charge on any atom is -0.455 e. The molecule has 0 radical (unpaired) electrons. The van der Waals surface area contributed by atoms with Crippen LogP contribution in [0.1, 0.15) is 50.5 Å². The van der Waals surface area contributed by atoms with Crippen molar-refractivity contribution in [2.24, 2.45) is 0 Å². The second kappa shape index (κ2) is 10.0. The third-order valence-electron chi connectivity index (χ3n) is 2.93. The molecule has 0 bridgehead atoms. The van der Waals surface area contributed by atoms with E-state index < -0.39 is 0 Å². The Kier molecular flexibility index (Phi) is 9.60. The molecule has 2 rings (SSSR count). The Morgan fingerprint density at radius 1 is 0.737 bits per heavy atom. The number of hydrogen-bond donors (Lipinski definition) is 2. The summed E-state index contributed by atoms with van der Waals surface area (Å²) >= 11 is 0. The van der Waals surface area contributed by atoms with Gasteiger partial charge in [-0.1, -0.05) is 51.9 Å². The number of aryl methyl sites for hydroxylation is 4. The average molecular weight is 345 g/mol. The number of nitrogens with one attached hydrogen (secondary N) is 2. The molecule has 2 N–H and O–H groups in total. The van der Waals surface area contributed by atoms with Gasteiger partial charge in [0.15, 0.2) is 0 Å². The molecule has 2 heterocycles. The minimum atomic E-state index is 0. The van der Waals surface area contributed by atoms with E-state index in [1.165, 1.54) is 22.8 Å². The zero-order valence-electron chi connectivity index (χ0n) is 12.3. The smallest absolute Gasteiger partial charge is 0.455 e. The molecule has 19 heavy (non-hydrogen) atoms.